The van der Waals surface area contributed by atoms with Crippen molar-refractivity contribution in [3.05, 3.63) is 56.2 Å². The first-order valence-electron chi connectivity index (χ1n) is 22.8. The Morgan fingerprint density at radius 1 is 0.565 bits per heavy atom. The van der Waals surface area contributed by atoms with Gasteiger partial charge in [-0.2, -0.15) is 10.2 Å². The fourth-order valence-electron chi connectivity index (χ4n) is 8.91. The number of aromatic nitrogens is 4. The van der Waals surface area contributed by atoms with Gasteiger partial charge in [0, 0.05) is 22.5 Å². The SMILES string of the molecule is CCOC(=O)C1=NCC2=C1CC(C)(C)CC2.CCOC(=O)C1=NCC2=C1CC(C)CC2.CCOC(=O)c1n[nH]c2c1CC(C)(C)CC2.CCOC(=O)c1n[nH]c2c1CC(C)CC2. The number of rotatable bonds is 8. The van der Waals surface area contributed by atoms with E-state index in [1.165, 1.54) is 29.6 Å². The third kappa shape index (κ3) is 12.2. The van der Waals surface area contributed by atoms with Crippen LogP contribution in [0.1, 0.15) is 164 Å². The molecule has 2 atom stereocenters. The van der Waals surface area contributed by atoms with E-state index < -0.39 is 0 Å². The molecule has 0 saturated carbocycles. The Labute approximate surface area is 367 Å². The van der Waals surface area contributed by atoms with Crippen molar-refractivity contribution in [1.29, 1.82) is 0 Å². The lowest BCUT2D eigenvalue weighted by atomic mass is 9.74. The second-order valence-corrected chi connectivity index (χ2v) is 18.8. The van der Waals surface area contributed by atoms with E-state index >= 15 is 0 Å². The van der Waals surface area contributed by atoms with Gasteiger partial charge in [0.05, 0.1) is 39.5 Å². The summed E-state index contributed by atoms with van der Waals surface area (Å²) >= 11 is 0. The molecule has 4 heterocycles. The van der Waals surface area contributed by atoms with Gasteiger partial charge in [0.2, 0.25) is 0 Å². The van der Waals surface area contributed by atoms with Gasteiger partial charge in [-0.05, 0) is 150 Å². The summed E-state index contributed by atoms with van der Waals surface area (Å²) in [6, 6.07) is 0. The van der Waals surface area contributed by atoms with E-state index in [9.17, 15) is 19.2 Å². The predicted octanol–water partition coefficient (Wildman–Crippen LogP) is 8.44. The highest BCUT2D eigenvalue weighted by Gasteiger charge is 2.35. The molecule has 0 aromatic carbocycles. The Kier molecular flexibility index (Phi) is 16.7. The summed E-state index contributed by atoms with van der Waals surface area (Å²) in [6.07, 6.45) is 12.6. The van der Waals surface area contributed by atoms with Crippen LogP contribution in [0, 0.1) is 22.7 Å². The van der Waals surface area contributed by atoms with Gasteiger partial charge in [0.15, 0.2) is 11.4 Å². The van der Waals surface area contributed by atoms with Gasteiger partial charge >= 0.3 is 23.9 Å². The maximum absolute atomic E-state index is 11.7. The summed E-state index contributed by atoms with van der Waals surface area (Å²) in [5, 5.41) is 14.0. The number of aromatic amines is 2. The topological polar surface area (TPSA) is 187 Å². The zero-order valence-electron chi connectivity index (χ0n) is 38.9. The number of hydrogen-bond donors (Lipinski definition) is 2. The van der Waals surface area contributed by atoms with Crippen LogP contribution < -0.4 is 0 Å². The first kappa shape index (κ1) is 48.2. The van der Waals surface area contributed by atoms with Crippen LogP contribution >= 0.6 is 0 Å². The Morgan fingerprint density at radius 2 is 1.02 bits per heavy atom. The zero-order chi connectivity index (χ0) is 45.2. The maximum atomic E-state index is 11.7. The number of carbonyl (C=O) groups is 4. The number of H-pyrrole nitrogens is 2. The Balaban J connectivity index is 0.000000156. The van der Waals surface area contributed by atoms with Crippen molar-refractivity contribution in [2.75, 3.05) is 39.5 Å². The lowest BCUT2D eigenvalue weighted by Gasteiger charge is -2.30. The van der Waals surface area contributed by atoms with Crippen molar-refractivity contribution in [2.45, 2.75) is 146 Å². The fraction of sp³-hybridized carbons (Fsp3) is 0.667. The number of aryl methyl sites for hydroxylation is 2. The fourth-order valence-corrected chi connectivity index (χ4v) is 8.91. The summed E-state index contributed by atoms with van der Waals surface area (Å²) in [5.41, 5.74) is 12.0. The third-order valence-corrected chi connectivity index (χ3v) is 12.5. The molecular formula is C48H70N6O8. The second-order valence-electron chi connectivity index (χ2n) is 18.8. The average molecular weight is 859 g/mol. The molecule has 4 aliphatic carbocycles. The van der Waals surface area contributed by atoms with E-state index in [0.717, 1.165) is 98.8 Å². The van der Waals surface area contributed by atoms with Crippen molar-refractivity contribution in [3.63, 3.8) is 0 Å². The van der Waals surface area contributed by atoms with Crippen LogP contribution in [0.2, 0.25) is 0 Å². The molecule has 14 heteroatoms. The quantitative estimate of drug-likeness (QED) is 0.193. The molecule has 2 unspecified atom stereocenters. The van der Waals surface area contributed by atoms with Crippen LogP contribution in [0.15, 0.2) is 32.3 Å². The number of nitrogens with one attached hydrogen (secondary N) is 2. The van der Waals surface area contributed by atoms with Crippen LogP contribution in [-0.2, 0) is 54.2 Å². The molecule has 2 N–H and O–H groups in total. The van der Waals surface area contributed by atoms with Gasteiger partial charge in [0.1, 0.15) is 11.4 Å². The molecule has 2 aromatic rings. The van der Waals surface area contributed by atoms with E-state index in [-0.39, 0.29) is 34.7 Å². The van der Waals surface area contributed by atoms with Gasteiger partial charge in [0.25, 0.3) is 0 Å². The van der Waals surface area contributed by atoms with Crippen molar-refractivity contribution in [3.8, 4) is 0 Å². The first-order valence-corrected chi connectivity index (χ1v) is 22.8. The summed E-state index contributed by atoms with van der Waals surface area (Å²) < 4.78 is 20.0. The Bertz CT molecular complexity index is 2080. The van der Waals surface area contributed by atoms with Crippen LogP contribution in [-0.4, -0.2) is 95.2 Å². The van der Waals surface area contributed by atoms with Gasteiger partial charge < -0.3 is 18.9 Å². The van der Waals surface area contributed by atoms with Crippen LogP contribution in [0.25, 0.3) is 0 Å². The molecule has 8 rings (SSSR count). The van der Waals surface area contributed by atoms with Crippen molar-refractivity contribution in [2.24, 2.45) is 32.7 Å². The van der Waals surface area contributed by atoms with E-state index in [2.05, 4.69) is 71.9 Å². The lowest BCUT2D eigenvalue weighted by molar-refractivity contribution is -0.135. The number of esters is 4. The molecule has 14 nitrogen and oxygen atoms in total. The highest BCUT2D eigenvalue weighted by molar-refractivity contribution is 6.44. The van der Waals surface area contributed by atoms with Gasteiger partial charge in [-0.25, -0.2) is 19.2 Å². The molecular weight excluding hydrogens is 789 g/mol. The molecule has 0 bridgehead atoms. The number of carbonyl (C=O) groups excluding carboxylic acids is 4. The number of fused-ring (bicyclic) bond motifs is 2. The normalized spacial score (nSPS) is 21.3. The van der Waals surface area contributed by atoms with E-state index in [1.54, 1.807) is 13.8 Å². The molecule has 62 heavy (non-hydrogen) atoms. The largest absolute Gasteiger partial charge is 0.461 e. The van der Waals surface area contributed by atoms with Crippen LogP contribution in [0.3, 0.4) is 0 Å². The van der Waals surface area contributed by atoms with Crippen LogP contribution in [0.4, 0.5) is 0 Å². The predicted molar refractivity (Wildman–Crippen MR) is 239 cm³/mol. The van der Waals surface area contributed by atoms with Crippen molar-refractivity contribution >= 4 is 35.3 Å². The smallest absolute Gasteiger partial charge is 0.359 e. The third-order valence-electron chi connectivity index (χ3n) is 12.5. The second kappa shape index (κ2) is 21.5. The number of ether oxygens (including phenoxy) is 4. The summed E-state index contributed by atoms with van der Waals surface area (Å²) in [6.45, 7) is 23.7. The molecule has 2 aliphatic heterocycles. The van der Waals surface area contributed by atoms with Gasteiger partial charge in [-0.1, -0.05) is 41.5 Å². The van der Waals surface area contributed by atoms with Crippen molar-refractivity contribution < 1.29 is 38.1 Å². The Morgan fingerprint density at radius 3 is 1.60 bits per heavy atom. The van der Waals surface area contributed by atoms with E-state index in [1.807, 2.05) is 13.8 Å². The summed E-state index contributed by atoms with van der Waals surface area (Å²) in [7, 11) is 0. The highest BCUT2D eigenvalue weighted by atomic mass is 16.5. The number of nitrogens with zero attached hydrogens (tertiary/aromatic N) is 4. The molecule has 2 aromatic heterocycles. The van der Waals surface area contributed by atoms with Gasteiger partial charge in [-0.3, -0.25) is 20.2 Å². The molecule has 0 amide bonds. The lowest BCUT2D eigenvalue weighted by Crippen LogP contribution is -2.25. The summed E-state index contributed by atoms with van der Waals surface area (Å²) in [5.74, 6) is 0.202. The first-order chi connectivity index (χ1) is 29.5. The Hall–Kier alpha value is -4.88. The number of aliphatic imine (C=N–C) groups is 2. The van der Waals surface area contributed by atoms with E-state index in [4.69, 9.17) is 18.9 Å². The molecule has 0 spiro atoms. The highest BCUT2D eigenvalue weighted by Crippen LogP contribution is 2.41. The average Bonchev–Trinajstić information content (AvgIpc) is 4.03. The zero-order valence-corrected chi connectivity index (χ0v) is 38.9. The molecule has 340 valence electrons. The number of hydrogen-bond acceptors (Lipinski definition) is 12. The van der Waals surface area contributed by atoms with E-state index in [0.29, 0.717) is 67.6 Å². The standard InChI is InChI=1S/C13H19NO2.C12H18N2O2.C12H17NO2.C11H16N2O2/c1-4-16-12(15)11-10-7-13(2,3)6-5-9(10)8-14-11;1-4-16-11(15)10-8-7-12(2,3)6-5-9(8)13-14-10;1-3-15-12(14)11-10-6-8(2)4-5-9(10)7-13-11;1-3-15-11(14)10-8-6-7(2)4-5-9(8)12-13-10/h4-8H2,1-3H3;4-7H2,1-3H3,(H,13,14);8H,3-7H2,1-2H3;7H,3-6H2,1-2H3,(H,12,13). The molecule has 6 aliphatic rings. The van der Waals surface area contributed by atoms with Crippen molar-refractivity contribution in [1.82, 2.24) is 20.4 Å². The minimum absolute atomic E-state index is 0.239. The maximum Gasteiger partial charge on any atom is 0.359 e. The minimum Gasteiger partial charge on any atom is -0.461 e. The molecule has 0 fully saturated rings. The summed E-state index contributed by atoms with van der Waals surface area (Å²) in [4.78, 5) is 55.2. The van der Waals surface area contributed by atoms with Crippen LogP contribution in [0.5, 0.6) is 0 Å². The molecule has 0 saturated heterocycles. The van der Waals surface area contributed by atoms with Gasteiger partial charge in [-0.15, -0.1) is 0 Å². The monoisotopic (exact) mass is 859 g/mol. The minimum atomic E-state index is -0.308. The molecule has 0 radical (unpaired) electrons.